The maximum Gasteiger partial charge on any atom is 0.387 e. The number of carbonyl (C=O) groups is 1. The lowest BCUT2D eigenvalue weighted by atomic mass is 10.1. The molecule has 0 spiro atoms. The molecule has 0 saturated carbocycles. The monoisotopic (exact) mass is 320 g/mol. The van der Waals surface area contributed by atoms with Crippen molar-refractivity contribution in [3.05, 3.63) is 23.2 Å². The number of halogens is 3. The molecule has 0 bridgehead atoms. The second-order valence-electron chi connectivity index (χ2n) is 4.52. The van der Waals surface area contributed by atoms with Crippen LogP contribution in [0.1, 0.15) is 32.1 Å². The van der Waals surface area contributed by atoms with Gasteiger partial charge in [0.2, 0.25) is 5.91 Å². The molecule has 0 aliphatic heterocycles. The topological polar surface area (TPSA) is 64.4 Å². The molecule has 1 rings (SSSR count). The van der Waals surface area contributed by atoms with Crippen molar-refractivity contribution >= 4 is 23.2 Å². The molecule has 1 aromatic rings. The number of anilines is 1. The number of carbonyl (C=O) groups excluding carboxylic acids is 1. The number of hydrogen-bond donors (Lipinski definition) is 2. The lowest BCUT2D eigenvalue weighted by Crippen LogP contribution is -2.11. The lowest BCUT2D eigenvalue weighted by Gasteiger charge is -2.09. The first-order valence-electron chi connectivity index (χ1n) is 6.77. The minimum absolute atomic E-state index is 0.0241. The summed E-state index contributed by atoms with van der Waals surface area (Å²) < 4.78 is 28.4. The quantitative estimate of drug-likeness (QED) is 0.680. The van der Waals surface area contributed by atoms with E-state index in [-0.39, 0.29) is 16.7 Å². The van der Waals surface area contributed by atoms with Crippen molar-refractivity contribution in [2.75, 3.05) is 11.9 Å². The first kappa shape index (κ1) is 17.7. The summed E-state index contributed by atoms with van der Waals surface area (Å²) in [7, 11) is 0. The molecule has 0 aliphatic rings. The Kier molecular flexibility index (Phi) is 8.00. The fraction of sp³-hybridized carbons (Fsp3) is 0.500. The van der Waals surface area contributed by atoms with Gasteiger partial charge in [0.15, 0.2) is 0 Å². The molecule has 4 nitrogen and oxygen atoms in total. The first-order valence-corrected chi connectivity index (χ1v) is 7.15. The summed E-state index contributed by atoms with van der Waals surface area (Å²) in [6.45, 7) is -2.27. The van der Waals surface area contributed by atoms with Crippen LogP contribution in [0.15, 0.2) is 18.2 Å². The normalized spacial score (nSPS) is 10.7. The Morgan fingerprint density at radius 1 is 1.29 bits per heavy atom. The molecule has 1 amide bonds. The van der Waals surface area contributed by atoms with Crippen molar-refractivity contribution in [2.45, 2.75) is 38.7 Å². The van der Waals surface area contributed by atoms with Crippen LogP contribution < -0.4 is 15.8 Å². The highest BCUT2D eigenvalue weighted by Gasteiger charge is 2.10. The van der Waals surface area contributed by atoms with E-state index >= 15 is 0 Å². The zero-order valence-corrected chi connectivity index (χ0v) is 12.3. The van der Waals surface area contributed by atoms with Crippen molar-refractivity contribution < 1.29 is 18.3 Å². The fourth-order valence-corrected chi connectivity index (χ4v) is 2.00. The fourth-order valence-electron chi connectivity index (χ4n) is 1.78. The highest BCUT2D eigenvalue weighted by molar-refractivity contribution is 6.32. The third-order valence-electron chi connectivity index (χ3n) is 2.79. The summed E-state index contributed by atoms with van der Waals surface area (Å²) in [6.07, 6.45) is 4.11. The summed E-state index contributed by atoms with van der Waals surface area (Å²) in [5.41, 5.74) is 5.83. The summed E-state index contributed by atoms with van der Waals surface area (Å²) in [4.78, 5) is 11.7. The smallest absolute Gasteiger partial charge is 0.387 e. The molecule has 0 saturated heterocycles. The number of unbranched alkanes of at least 4 members (excludes halogenated alkanes) is 3. The minimum Gasteiger partial charge on any atom is -0.433 e. The number of amides is 1. The van der Waals surface area contributed by atoms with E-state index in [1.807, 2.05) is 0 Å². The molecular formula is C14H19ClF2N2O2. The molecule has 1 aromatic carbocycles. The Labute approximate surface area is 127 Å². The van der Waals surface area contributed by atoms with Crippen molar-refractivity contribution in [1.82, 2.24) is 0 Å². The van der Waals surface area contributed by atoms with Crippen LogP contribution >= 0.6 is 11.6 Å². The Balaban J connectivity index is 2.40. The first-order chi connectivity index (χ1) is 10.0. The standard InChI is InChI=1S/C14H19ClF2N2O2/c15-11-9-10(6-7-12(11)21-14(16)17)19-13(20)5-3-1-2-4-8-18/h6-7,9,14H,1-5,8,18H2,(H,19,20). The molecule has 0 atom stereocenters. The van der Waals surface area contributed by atoms with Gasteiger partial charge in [0.1, 0.15) is 5.75 Å². The molecular weight excluding hydrogens is 302 g/mol. The average Bonchev–Trinajstić information content (AvgIpc) is 2.41. The van der Waals surface area contributed by atoms with E-state index < -0.39 is 6.61 Å². The van der Waals surface area contributed by atoms with Gasteiger partial charge in [-0.3, -0.25) is 4.79 Å². The summed E-state index contributed by atoms with van der Waals surface area (Å²) in [5.74, 6) is -0.257. The van der Waals surface area contributed by atoms with Gasteiger partial charge in [0.25, 0.3) is 0 Å². The van der Waals surface area contributed by atoms with Gasteiger partial charge in [0, 0.05) is 12.1 Å². The maximum atomic E-state index is 12.1. The van der Waals surface area contributed by atoms with Gasteiger partial charge in [-0.2, -0.15) is 8.78 Å². The van der Waals surface area contributed by atoms with Gasteiger partial charge in [-0.05, 0) is 37.6 Å². The van der Waals surface area contributed by atoms with E-state index in [9.17, 15) is 13.6 Å². The number of nitrogens with two attached hydrogens (primary N) is 1. The highest BCUT2D eigenvalue weighted by Crippen LogP contribution is 2.29. The van der Waals surface area contributed by atoms with Crippen LogP contribution in [-0.2, 0) is 4.79 Å². The average molecular weight is 321 g/mol. The Bertz CT molecular complexity index is 459. The number of alkyl halides is 2. The van der Waals surface area contributed by atoms with E-state index in [1.165, 1.54) is 18.2 Å². The SMILES string of the molecule is NCCCCCCC(=O)Nc1ccc(OC(F)F)c(Cl)c1. The predicted octanol–water partition coefficient (Wildman–Crippen LogP) is 3.79. The number of rotatable bonds is 9. The summed E-state index contributed by atoms with van der Waals surface area (Å²) in [6, 6.07) is 4.15. The molecule has 0 aromatic heterocycles. The van der Waals surface area contributed by atoms with Crippen molar-refractivity contribution in [3.8, 4) is 5.75 Å². The van der Waals surface area contributed by atoms with E-state index in [2.05, 4.69) is 10.1 Å². The zero-order valence-electron chi connectivity index (χ0n) is 11.6. The van der Waals surface area contributed by atoms with Gasteiger partial charge >= 0.3 is 6.61 Å². The highest BCUT2D eigenvalue weighted by atomic mass is 35.5. The molecule has 118 valence electrons. The Morgan fingerprint density at radius 2 is 2.00 bits per heavy atom. The number of hydrogen-bond acceptors (Lipinski definition) is 3. The van der Waals surface area contributed by atoms with Crippen LogP contribution in [0.2, 0.25) is 5.02 Å². The van der Waals surface area contributed by atoms with Crippen LogP contribution in [0.5, 0.6) is 5.75 Å². The van der Waals surface area contributed by atoms with E-state index in [0.29, 0.717) is 18.7 Å². The third kappa shape index (κ3) is 7.24. The molecule has 3 N–H and O–H groups in total. The minimum atomic E-state index is -2.93. The number of benzene rings is 1. The van der Waals surface area contributed by atoms with Crippen molar-refractivity contribution in [3.63, 3.8) is 0 Å². The van der Waals surface area contributed by atoms with Gasteiger partial charge in [0.05, 0.1) is 5.02 Å². The third-order valence-corrected chi connectivity index (χ3v) is 3.09. The molecule has 0 radical (unpaired) electrons. The number of ether oxygens (including phenoxy) is 1. The van der Waals surface area contributed by atoms with Crippen LogP contribution in [0.3, 0.4) is 0 Å². The van der Waals surface area contributed by atoms with E-state index in [4.69, 9.17) is 17.3 Å². The Hall–Kier alpha value is -1.40. The van der Waals surface area contributed by atoms with E-state index in [1.54, 1.807) is 0 Å². The predicted molar refractivity (Wildman–Crippen MR) is 78.9 cm³/mol. The zero-order chi connectivity index (χ0) is 15.7. The van der Waals surface area contributed by atoms with Crippen LogP contribution in [-0.4, -0.2) is 19.1 Å². The Morgan fingerprint density at radius 3 is 2.62 bits per heavy atom. The molecule has 21 heavy (non-hydrogen) atoms. The maximum absolute atomic E-state index is 12.1. The van der Waals surface area contributed by atoms with Gasteiger partial charge in [-0.1, -0.05) is 24.4 Å². The second kappa shape index (κ2) is 9.52. The van der Waals surface area contributed by atoms with Gasteiger partial charge in [-0.25, -0.2) is 0 Å². The molecule has 0 unspecified atom stereocenters. The van der Waals surface area contributed by atoms with Crippen molar-refractivity contribution in [2.24, 2.45) is 5.73 Å². The van der Waals surface area contributed by atoms with E-state index in [0.717, 1.165) is 25.7 Å². The lowest BCUT2D eigenvalue weighted by molar-refractivity contribution is -0.116. The molecule has 0 aliphatic carbocycles. The van der Waals surface area contributed by atoms with Crippen LogP contribution in [0.25, 0.3) is 0 Å². The second-order valence-corrected chi connectivity index (χ2v) is 4.93. The van der Waals surface area contributed by atoms with Gasteiger partial charge < -0.3 is 15.8 Å². The van der Waals surface area contributed by atoms with Gasteiger partial charge in [-0.15, -0.1) is 0 Å². The molecule has 0 heterocycles. The van der Waals surface area contributed by atoms with Crippen LogP contribution in [0.4, 0.5) is 14.5 Å². The summed E-state index contributed by atoms with van der Waals surface area (Å²) in [5, 5.41) is 2.69. The summed E-state index contributed by atoms with van der Waals surface area (Å²) >= 11 is 5.80. The van der Waals surface area contributed by atoms with Crippen molar-refractivity contribution in [1.29, 1.82) is 0 Å². The molecule has 0 fully saturated rings. The largest absolute Gasteiger partial charge is 0.433 e. The van der Waals surface area contributed by atoms with Crippen LogP contribution in [0, 0.1) is 0 Å². The molecule has 7 heteroatoms. The number of nitrogens with one attached hydrogen (secondary N) is 1.